The second-order valence-electron chi connectivity index (χ2n) is 2.93. The molecule has 0 bridgehead atoms. The Morgan fingerprint density at radius 1 is 1.45 bits per heavy atom. The maximum Gasteiger partial charge on any atom is 0.195 e. The van der Waals surface area contributed by atoms with Crippen molar-refractivity contribution in [2.24, 2.45) is 0 Å². The van der Waals surface area contributed by atoms with Crippen LogP contribution in [0.2, 0.25) is 0 Å². The van der Waals surface area contributed by atoms with Crippen LogP contribution in [0.4, 0.5) is 0 Å². The molecular weight excluding hydrogens is 140 g/mol. The maximum absolute atomic E-state index is 10.9. The van der Waals surface area contributed by atoms with Crippen LogP contribution in [0.5, 0.6) is 0 Å². The topological polar surface area (TPSA) is 26.3 Å². The molecule has 0 N–H and O–H groups in total. The molecule has 0 aliphatic heterocycles. The fourth-order valence-electron chi connectivity index (χ4n) is 0.992. The summed E-state index contributed by atoms with van der Waals surface area (Å²) in [6.07, 6.45) is 0.116. The molecule has 0 saturated carbocycles. The lowest BCUT2D eigenvalue weighted by Gasteiger charge is -2.24. The molecule has 0 fully saturated rings. The first-order valence-corrected chi connectivity index (χ1v) is 3.65. The number of ether oxygens (including phenoxy) is 1. The van der Waals surface area contributed by atoms with Gasteiger partial charge in [-0.2, -0.15) is 0 Å². The molecule has 0 radical (unpaired) electrons. The molecule has 1 aliphatic carbocycles. The van der Waals surface area contributed by atoms with E-state index in [0.29, 0.717) is 16.9 Å². The molecule has 1 rings (SSSR count). The molecule has 0 aromatic heterocycles. The molecule has 11 heavy (non-hydrogen) atoms. The number of Topliss-reactive ketones (excluding diaryl/α,β-unsaturated/α-hetero) is 1. The number of carbonyl (C=O) groups excluding carboxylic acids is 1. The lowest BCUT2D eigenvalue weighted by Crippen LogP contribution is -2.23. The Balaban J connectivity index is 2.75. The van der Waals surface area contributed by atoms with Crippen molar-refractivity contribution in [3.05, 3.63) is 23.5 Å². The smallest absolute Gasteiger partial charge is 0.195 e. The van der Waals surface area contributed by atoms with Crippen LogP contribution < -0.4 is 0 Å². The highest BCUT2D eigenvalue weighted by atomic mass is 16.5. The van der Waals surface area contributed by atoms with Gasteiger partial charge < -0.3 is 4.74 Å². The van der Waals surface area contributed by atoms with E-state index < -0.39 is 0 Å². The van der Waals surface area contributed by atoms with Gasteiger partial charge in [-0.05, 0) is 20.8 Å². The Hall–Kier alpha value is -1.05. The van der Waals surface area contributed by atoms with Crippen LogP contribution in [0, 0.1) is 0 Å². The van der Waals surface area contributed by atoms with Crippen molar-refractivity contribution in [3.63, 3.8) is 0 Å². The Kier molecular flexibility index (Phi) is 1.85. The first-order chi connectivity index (χ1) is 5.04. The highest BCUT2D eigenvalue weighted by Gasteiger charge is 2.30. The average molecular weight is 152 g/mol. The molecule has 0 spiro atoms. The minimum atomic E-state index is 0.0284. The van der Waals surface area contributed by atoms with E-state index in [4.69, 9.17) is 4.74 Å². The molecule has 0 saturated heterocycles. The number of rotatable bonds is 2. The van der Waals surface area contributed by atoms with Crippen molar-refractivity contribution in [1.82, 2.24) is 0 Å². The number of hydrogen-bond donors (Lipinski definition) is 0. The van der Waals surface area contributed by atoms with E-state index in [2.05, 4.69) is 6.58 Å². The molecule has 60 valence electrons. The van der Waals surface area contributed by atoms with Crippen LogP contribution in [0.15, 0.2) is 23.5 Å². The van der Waals surface area contributed by atoms with Gasteiger partial charge in [0.2, 0.25) is 0 Å². The lowest BCUT2D eigenvalue weighted by molar-refractivity contribution is -0.114. The van der Waals surface area contributed by atoms with Crippen LogP contribution >= 0.6 is 0 Å². The predicted octanol–water partition coefficient (Wildman–Crippen LogP) is 1.82. The van der Waals surface area contributed by atoms with Gasteiger partial charge in [-0.15, -0.1) is 0 Å². The molecule has 2 nitrogen and oxygen atoms in total. The summed E-state index contributed by atoms with van der Waals surface area (Å²) in [5.74, 6) is 0.714. The molecular formula is C9H12O2. The Bertz CT molecular complexity index is 246. The summed E-state index contributed by atoms with van der Waals surface area (Å²) in [5, 5.41) is 0. The first kappa shape index (κ1) is 8.05. The van der Waals surface area contributed by atoms with Crippen LogP contribution in [0.25, 0.3) is 0 Å². The molecule has 0 heterocycles. The number of ketones is 1. The third kappa shape index (κ3) is 1.20. The number of allylic oxidation sites excluding steroid dienone is 2. The number of carbonyl (C=O) groups is 1. The van der Waals surface area contributed by atoms with E-state index >= 15 is 0 Å². The molecule has 0 amide bonds. The minimum Gasteiger partial charge on any atom is -0.490 e. The van der Waals surface area contributed by atoms with Gasteiger partial charge in [-0.3, -0.25) is 4.79 Å². The van der Waals surface area contributed by atoms with Gasteiger partial charge in [0.1, 0.15) is 5.76 Å². The largest absolute Gasteiger partial charge is 0.490 e. The van der Waals surface area contributed by atoms with Crippen molar-refractivity contribution in [3.8, 4) is 0 Å². The second kappa shape index (κ2) is 2.53. The van der Waals surface area contributed by atoms with Gasteiger partial charge in [-0.25, -0.2) is 0 Å². The number of hydrogen-bond acceptors (Lipinski definition) is 2. The summed E-state index contributed by atoms with van der Waals surface area (Å²) in [5.41, 5.74) is 1.21. The fraction of sp³-hybridized carbons (Fsp3) is 0.444. The van der Waals surface area contributed by atoms with Crippen LogP contribution in [0.3, 0.4) is 0 Å². The van der Waals surface area contributed by atoms with Crippen molar-refractivity contribution in [2.45, 2.75) is 26.9 Å². The zero-order chi connectivity index (χ0) is 8.59. The van der Waals surface area contributed by atoms with Gasteiger partial charge in [0.15, 0.2) is 5.78 Å². The van der Waals surface area contributed by atoms with E-state index in [1.54, 1.807) is 6.92 Å². The third-order valence-electron chi connectivity index (χ3n) is 1.58. The normalized spacial score (nSPS) is 17.5. The Labute approximate surface area is 66.5 Å². The lowest BCUT2D eigenvalue weighted by atomic mass is 9.91. The minimum absolute atomic E-state index is 0.0284. The Morgan fingerprint density at radius 2 is 2.00 bits per heavy atom. The van der Waals surface area contributed by atoms with Gasteiger partial charge in [0, 0.05) is 5.57 Å². The van der Waals surface area contributed by atoms with Crippen molar-refractivity contribution < 1.29 is 9.53 Å². The highest BCUT2D eigenvalue weighted by Crippen LogP contribution is 2.30. The van der Waals surface area contributed by atoms with E-state index in [0.717, 1.165) is 0 Å². The molecule has 0 atom stereocenters. The zero-order valence-electron chi connectivity index (χ0n) is 7.10. The van der Waals surface area contributed by atoms with Crippen molar-refractivity contribution in [2.75, 3.05) is 0 Å². The summed E-state index contributed by atoms with van der Waals surface area (Å²) in [7, 11) is 0. The average Bonchev–Trinajstić information content (AvgIpc) is 1.98. The van der Waals surface area contributed by atoms with Crippen LogP contribution in [-0.4, -0.2) is 11.9 Å². The SMILES string of the molecule is C=C1C(=O)C(C)=C1OC(C)C. The maximum atomic E-state index is 10.9. The summed E-state index contributed by atoms with van der Waals surface area (Å²) in [4.78, 5) is 10.9. The fourth-order valence-corrected chi connectivity index (χ4v) is 0.992. The zero-order valence-corrected chi connectivity index (χ0v) is 7.10. The van der Waals surface area contributed by atoms with E-state index in [9.17, 15) is 4.79 Å². The van der Waals surface area contributed by atoms with Crippen molar-refractivity contribution >= 4 is 5.78 Å². The summed E-state index contributed by atoms with van der Waals surface area (Å²) in [6.45, 7) is 9.21. The summed E-state index contributed by atoms with van der Waals surface area (Å²) in [6, 6.07) is 0. The van der Waals surface area contributed by atoms with Gasteiger partial charge in [-0.1, -0.05) is 6.58 Å². The Morgan fingerprint density at radius 3 is 2.36 bits per heavy atom. The van der Waals surface area contributed by atoms with Crippen LogP contribution in [0.1, 0.15) is 20.8 Å². The highest BCUT2D eigenvalue weighted by molar-refractivity contribution is 6.18. The monoisotopic (exact) mass is 152 g/mol. The quantitative estimate of drug-likeness (QED) is 0.564. The van der Waals surface area contributed by atoms with Gasteiger partial charge in [0.25, 0.3) is 0 Å². The van der Waals surface area contributed by atoms with E-state index in [1.165, 1.54) is 0 Å². The van der Waals surface area contributed by atoms with Crippen molar-refractivity contribution in [1.29, 1.82) is 0 Å². The predicted molar refractivity (Wildman–Crippen MR) is 43.1 cm³/mol. The molecule has 0 aromatic carbocycles. The molecule has 0 aromatic rings. The van der Waals surface area contributed by atoms with Gasteiger partial charge in [0.05, 0.1) is 11.7 Å². The molecule has 1 aliphatic rings. The summed E-state index contributed by atoms with van der Waals surface area (Å²) < 4.78 is 5.34. The summed E-state index contributed by atoms with van der Waals surface area (Å²) >= 11 is 0. The third-order valence-corrected chi connectivity index (χ3v) is 1.58. The second-order valence-corrected chi connectivity index (χ2v) is 2.93. The van der Waals surface area contributed by atoms with Crippen LogP contribution in [-0.2, 0) is 9.53 Å². The van der Waals surface area contributed by atoms with E-state index in [1.807, 2.05) is 13.8 Å². The van der Waals surface area contributed by atoms with Gasteiger partial charge >= 0.3 is 0 Å². The van der Waals surface area contributed by atoms with E-state index in [-0.39, 0.29) is 11.9 Å². The molecule has 2 heteroatoms. The molecule has 0 unspecified atom stereocenters. The standard InChI is InChI=1S/C9H12O2/c1-5(2)11-9-6(3)8(10)7(9)4/h5H,3H2,1-2,4H3. The first-order valence-electron chi connectivity index (χ1n) is 3.65.